The van der Waals surface area contributed by atoms with E-state index in [1.807, 2.05) is 0 Å². The molecular formula is C21H28. The van der Waals surface area contributed by atoms with Gasteiger partial charge in [-0.15, -0.1) is 0 Å². The maximum atomic E-state index is 4.36. The van der Waals surface area contributed by atoms with E-state index in [4.69, 9.17) is 0 Å². The minimum Gasteiger partial charge on any atom is -0.0995 e. The Bertz CT molecular complexity index is 564. The molecule has 21 heavy (non-hydrogen) atoms. The van der Waals surface area contributed by atoms with Gasteiger partial charge in [-0.1, -0.05) is 87.9 Å². The van der Waals surface area contributed by atoms with Crippen LogP contribution in [0.25, 0.3) is 5.57 Å². The van der Waals surface area contributed by atoms with Crippen molar-refractivity contribution >= 4 is 5.57 Å². The standard InChI is InChI=1S/C21H28/c1-15-12-19(18-10-8-7-9-11-18)13-20(15)17(3)16(2)14-21(4,5)6/h7-13,17,20H,2,14H2,1,3-6H3. The molecule has 0 bridgehead atoms. The molecule has 0 aromatic heterocycles. The first-order valence-corrected chi connectivity index (χ1v) is 7.91. The van der Waals surface area contributed by atoms with Crippen LogP contribution in [0.15, 0.2) is 60.2 Å². The van der Waals surface area contributed by atoms with Gasteiger partial charge in [-0.2, -0.15) is 0 Å². The van der Waals surface area contributed by atoms with Crippen LogP contribution < -0.4 is 0 Å². The maximum absolute atomic E-state index is 4.36. The highest BCUT2D eigenvalue weighted by atomic mass is 14.3. The van der Waals surface area contributed by atoms with Crippen molar-refractivity contribution in [3.05, 3.63) is 65.8 Å². The molecular weight excluding hydrogens is 252 g/mol. The van der Waals surface area contributed by atoms with Crippen molar-refractivity contribution in [2.45, 2.75) is 41.0 Å². The van der Waals surface area contributed by atoms with E-state index in [-0.39, 0.29) is 0 Å². The van der Waals surface area contributed by atoms with Gasteiger partial charge in [0.1, 0.15) is 0 Å². The summed E-state index contributed by atoms with van der Waals surface area (Å²) < 4.78 is 0. The first kappa shape index (κ1) is 15.8. The summed E-state index contributed by atoms with van der Waals surface area (Å²) in [5.41, 5.74) is 5.80. The van der Waals surface area contributed by atoms with Crippen molar-refractivity contribution in [1.29, 1.82) is 0 Å². The summed E-state index contributed by atoms with van der Waals surface area (Å²) in [5.74, 6) is 0.997. The van der Waals surface area contributed by atoms with Gasteiger partial charge in [0.2, 0.25) is 0 Å². The number of rotatable bonds is 4. The van der Waals surface area contributed by atoms with Crippen molar-refractivity contribution in [3.8, 4) is 0 Å². The molecule has 0 spiro atoms. The molecule has 2 atom stereocenters. The van der Waals surface area contributed by atoms with Crippen LogP contribution >= 0.6 is 0 Å². The Hall–Kier alpha value is -1.56. The zero-order valence-corrected chi connectivity index (χ0v) is 14.1. The molecule has 0 saturated heterocycles. The Kier molecular flexibility index (Phi) is 4.56. The molecule has 0 N–H and O–H groups in total. The van der Waals surface area contributed by atoms with Crippen LogP contribution in [0.5, 0.6) is 0 Å². The minimum atomic E-state index is 0.313. The lowest BCUT2D eigenvalue weighted by molar-refractivity contribution is 0.381. The summed E-state index contributed by atoms with van der Waals surface area (Å²) in [5, 5.41) is 0. The number of hydrogen-bond donors (Lipinski definition) is 0. The summed E-state index contributed by atoms with van der Waals surface area (Å²) in [6.45, 7) is 15.8. The van der Waals surface area contributed by atoms with Gasteiger partial charge in [0, 0.05) is 5.92 Å². The molecule has 0 fully saturated rings. The summed E-state index contributed by atoms with van der Waals surface area (Å²) in [6.07, 6.45) is 5.84. The summed E-state index contributed by atoms with van der Waals surface area (Å²) in [7, 11) is 0. The largest absolute Gasteiger partial charge is 0.0995 e. The van der Waals surface area contributed by atoms with Crippen LogP contribution in [0.3, 0.4) is 0 Å². The lowest BCUT2D eigenvalue weighted by Crippen LogP contribution is -2.16. The number of allylic oxidation sites excluding steroid dienone is 5. The summed E-state index contributed by atoms with van der Waals surface area (Å²) in [4.78, 5) is 0. The van der Waals surface area contributed by atoms with Gasteiger partial charge in [0.05, 0.1) is 0 Å². The fourth-order valence-corrected chi connectivity index (χ4v) is 3.16. The molecule has 2 unspecified atom stereocenters. The van der Waals surface area contributed by atoms with Crippen LogP contribution in [0.2, 0.25) is 0 Å². The quantitative estimate of drug-likeness (QED) is 0.570. The van der Waals surface area contributed by atoms with E-state index in [9.17, 15) is 0 Å². The molecule has 0 aliphatic heterocycles. The predicted octanol–water partition coefficient (Wildman–Crippen LogP) is 6.27. The van der Waals surface area contributed by atoms with E-state index in [0.717, 1.165) is 6.42 Å². The molecule has 1 aromatic carbocycles. The van der Waals surface area contributed by atoms with E-state index >= 15 is 0 Å². The third kappa shape index (κ3) is 3.97. The third-order valence-corrected chi connectivity index (χ3v) is 4.32. The first-order chi connectivity index (χ1) is 9.78. The Morgan fingerprint density at radius 2 is 1.81 bits per heavy atom. The molecule has 1 aliphatic carbocycles. The highest BCUT2D eigenvalue weighted by Gasteiger charge is 2.26. The Morgan fingerprint density at radius 3 is 2.38 bits per heavy atom. The molecule has 0 radical (unpaired) electrons. The van der Waals surface area contributed by atoms with E-state index in [0.29, 0.717) is 17.3 Å². The lowest BCUT2D eigenvalue weighted by Gasteiger charge is -2.27. The Labute approximate surface area is 130 Å². The average molecular weight is 280 g/mol. The van der Waals surface area contributed by atoms with E-state index in [1.54, 1.807) is 0 Å². The number of hydrogen-bond acceptors (Lipinski definition) is 0. The second-order valence-electron chi connectivity index (χ2n) is 7.59. The SMILES string of the molecule is C=C(CC(C)(C)C)C(C)C1C=C(c2ccccc2)C=C1C. The van der Waals surface area contributed by atoms with Crippen LogP contribution in [-0.2, 0) is 0 Å². The maximum Gasteiger partial charge on any atom is 0.00493 e. The van der Waals surface area contributed by atoms with Crippen LogP contribution in [-0.4, -0.2) is 0 Å². The van der Waals surface area contributed by atoms with Gasteiger partial charge in [0.25, 0.3) is 0 Å². The fraction of sp³-hybridized carbons (Fsp3) is 0.429. The van der Waals surface area contributed by atoms with Crippen molar-refractivity contribution in [1.82, 2.24) is 0 Å². The van der Waals surface area contributed by atoms with Crippen LogP contribution in [0.1, 0.15) is 46.6 Å². The molecule has 2 rings (SSSR count). The van der Waals surface area contributed by atoms with E-state index in [1.165, 1.54) is 22.3 Å². The normalized spacial score (nSPS) is 20.0. The van der Waals surface area contributed by atoms with Crippen molar-refractivity contribution in [2.24, 2.45) is 17.3 Å². The van der Waals surface area contributed by atoms with Crippen LogP contribution in [0.4, 0.5) is 0 Å². The molecule has 0 heterocycles. The van der Waals surface area contributed by atoms with Gasteiger partial charge in [-0.3, -0.25) is 0 Å². The lowest BCUT2D eigenvalue weighted by atomic mass is 9.78. The first-order valence-electron chi connectivity index (χ1n) is 7.91. The molecule has 0 amide bonds. The van der Waals surface area contributed by atoms with Crippen molar-refractivity contribution < 1.29 is 0 Å². The third-order valence-electron chi connectivity index (χ3n) is 4.32. The minimum absolute atomic E-state index is 0.313. The van der Waals surface area contributed by atoms with Crippen LogP contribution in [0, 0.1) is 17.3 Å². The summed E-state index contributed by atoms with van der Waals surface area (Å²) in [6, 6.07) is 10.7. The molecule has 1 aliphatic rings. The van der Waals surface area contributed by atoms with Gasteiger partial charge in [0.15, 0.2) is 0 Å². The monoisotopic (exact) mass is 280 g/mol. The van der Waals surface area contributed by atoms with Gasteiger partial charge in [-0.25, -0.2) is 0 Å². The van der Waals surface area contributed by atoms with E-state index < -0.39 is 0 Å². The Morgan fingerprint density at radius 1 is 1.19 bits per heavy atom. The number of benzene rings is 1. The second kappa shape index (κ2) is 6.05. The molecule has 1 aromatic rings. The highest BCUT2D eigenvalue weighted by molar-refractivity contribution is 5.78. The van der Waals surface area contributed by atoms with Gasteiger partial charge >= 0.3 is 0 Å². The fourth-order valence-electron chi connectivity index (χ4n) is 3.16. The Balaban J connectivity index is 2.16. The predicted molar refractivity (Wildman–Crippen MR) is 94.0 cm³/mol. The molecule has 112 valence electrons. The highest BCUT2D eigenvalue weighted by Crippen LogP contribution is 2.39. The zero-order valence-electron chi connectivity index (χ0n) is 14.1. The summed E-state index contributed by atoms with van der Waals surface area (Å²) >= 11 is 0. The molecule has 0 heteroatoms. The zero-order chi connectivity index (χ0) is 15.6. The van der Waals surface area contributed by atoms with Crippen molar-refractivity contribution in [3.63, 3.8) is 0 Å². The molecule has 0 nitrogen and oxygen atoms in total. The topological polar surface area (TPSA) is 0 Å². The van der Waals surface area contributed by atoms with Gasteiger partial charge < -0.3 is 0 Å². The van der Waals surface area contributed by atoms with E-state index in [2.05, 4.69) is 83.7 Å². The smallest absolute Gasteiger partial charge is 0.00493 e. The molecule has 0 saturated carbocycles. The van der Waals surface area contributed by atoms with Gasteiger partial charge in [-0.05, 0) is 35.8 Å². The van der Waals surface area contributed by atoms with Crippen molar-refractivity contribution in [2.75, 3.05) is 0 Å². The average Bonchev–Trinajstić information content (AvgIpc) is 2.79. The second-order valence-corrected chi connectivity index (χ2v) is 7.59.